The molecule has 0 radical (unpaired) electrons. The van der Waals surface area contributed by atoms with Crippen LogP contribution in [0.3, 0.4) is 0 Å². The van der Waals surface area contributed by atoms with E-state index in [0.29, 0.717) is 11.6 Å². The van der Waals surface area contributed by atoms with Gasteiger partial charge in [-0.2, -0.15) is 0 Å². The van der Waals surface area contributed by atoms with Crippen molar-refractivity contribution < 1.29 is 4.74 Å². The maximum Gasteiger partial charge on any atom is 0.123 e. The highest BCUT2D eigenvalue weighted by molar-refractivity contribution is 7.80. The highest BCUT2D eigenvalue weighted by atomic mass is 32.1. The molecule has 112 valence electrons. The van der Waals surface area contributed by atoms with Gasteiger partial charge in [0.2, 0.25) is 0 Å². The van der Waals surface area contributed by atoms with Crippen molar-refractivity contribution in [1.82, 2.24) is 0 Å². The number of nitrogens with two attached hydrogens (primary N) is 1. The molecular weight excluding hydrogens is 266 g/mol. The molecule has 20 heavy (non-hydrogen) atoms. The molecule has 0 aliphatic carbocycles. The summed E-state index contributed by atoms with van der Waals surface area (Å²) in [7, 11) is 0. The molecule has 0 atom stereocenters. The van der Waals surface area contributed by atoms with Gasteiger partial charge in [0.25, 0.3) is 0 Å². The van der Waals surface area contributed by atoms with Gasteiger partial charge in [-0.05, 0) is 36.0 Å². The van der Waals surface area contributed by atoms with E-state index >= 15 is 0 Å². The normalized spacial score (nSPS) is 12.3. The number of ether oxygens (including phenoxy) is 1. The molecular formula is C17H27NOS. The number of hydrogen-bond donors (Lipinski definition) is 1. The minimum absolute atomic E-state index is 0.0712. The van der Waals surface area contributed by atoms with Crippen LogP contribution in [0.1, 0.15) is 52.2 Å². The van der Waals surface area contributed by atoms with Gasteiger partial charge in [-0.3, -0.25) is 0 Å². The van der Waals surface area contributed by atoms with Crippen LogP contribution < -0.4 is 10.5 Å². The Bertz CT molecular complexity index is 486. The van der Waals surface area contributed by atoms with Crippen LogP contribution in [-0.4, -0.2) is 11.6 Å². The second kappa shape index (κ2) is 6.13. The number of rotatable bonds is 5. The quantitative estimate of drug-likeness (QED) is 0.819. The molecule has 0 fully saturated rings. The van der Waals surface area contributed by atoms with E-state index in [0.717, 1.165) is 12.2 Å². The van der Waals surface area contributed by atoms with Gasteiger partial charge < -0.3 is 10.5 Å². The molecule has 0 unspecified atom stereocenters. The van der Waals surface area contributed by atoms with Gasteiger partial charge in [0.15, 0.2) is 0 Å². The summed E-state index contributed by atoms with van der Waals surface area (Å²) < 4.78 is 6.02. The first-order valence-electron chi connectivity index (χ1n) is 7.08. The molecule has 0 bridgehead atoms. The van der Waals surface area contributed by atoms with Crippen LogP contribution >= 0.6 is 12.2 Å². The molecule has 2 nitrogen and oxygen atoms in total. The number of thiocarbonyl (C=S) groups is 1. The van der Waals surface area contributed by atoms with Crippen molar-refractivity contribution in [2.75, 3.05) is 6.61 Å². The first-order chi connectivity index (χ1) is 9.04. The Morgan fingerprint density at radius 2 is 1.80 bits per heavy atom. The zero-order valence-electron chi connectivity index (χ0n) is 13.5. The molecule has 1 aromatic carbocycles. The average molecular weight is 293 g/mol. The summed E-state index contributed by atoms with van der Waals surface area (Å²) in [5, 5.41) is 0. The van der Waals surface area contributed by atoms with E-state index in [1.54, 1.807) is 0 Å². The van der Waals surface area contributed by atoms with E-state index in [1.807, 2.05) is 0 Å². The molecule has 0 spiro atoms. The van der Waals surface area contributed by atoms with Gasteiger partial charge in [-0.1, -0.05) is 59.0 Å². The third-order valence-electron chi connectivity index (χ3n) is 3.60. The van der Waals surface area contributed by atoms with Crippen molar-refractivity contribution in [2.24, 2.45) is 11.1 Å². The van der Waals surface area contributed by atoms with Gasteiger partial charge in [-0.15, -0.1) is 0 Å². The molecule has 0 aromatic heterocycles. The smallest absolute Gasteiger partial charge is 0.123 e. The van der Waals surface area contributed by atoms with Crippen LogP contribution in [0.25, 0.3) is 0 Å². The summed E-state index contributed by atoms with van der Waals surface area (Å²) in [5.41, 5.74) is 8.10. The molecule has 0 saturated heterocycles. The van der Waals surface area contributed by atoms with Crippen LogP contribution in [-0.2, 0) is 5.41 Å². The summed E-state index contributed by atoms with van der Waals surface area (Å²) in [6.07, 6.45) is 0.819. The number of hydrogen-bond acceptors (Lipinski definition) is 2. The van der Waals surface area contributed by atoms with E-state index in [4.69, 9.17) is 22.7 Å². The van der Waals surface area contributed by atoms with Crippen LogP contribution in [0.5, 0.6) is 5.75 Å². The number of benzene rings is 1. The zero-order chi connectivity index (χ0) is 15.6. The van der Waals surface area contributed by atoms with Crippen LogP contribution in [0.15, 0.2) is 18.2 Å². The first kappa shape index (κ1) is 17.0. The average Bonchev–Trinajstić information content (AvgIpc) is 2.26. The van der Waals surface area contributed by atoms with Gasteiger partial charge in [-0.25, -0.2) is 0 Å². The molecule has 0 heterocycles. The molecule has 0 saturated carbocycles. The second-order valence-corrected chi connectivity index (χ2v) is 7.54. The first-order valence-corrected chi connectivity index (χ1v) is 7.49. The fraction of sp³-hybridized carbons (Fsp3) is 0.588. The minimum Gasteiger partial charge on any atom is -0.493 e. The summed E-state index contributed by atoms with van der Waals surface area (Å²) in [4.78, 5) is 0.543. The van der Waals surface area contributed by atoms with E-state index in [1.165, 1.54) is 11.1 Å². The van der Waals surface area contributed by atoms with Crippen molar-refractivity contribution in [3.8, 4) is 5.75 Å². The molecule has 0 aliphatic heterocycles. The fourth-order valence-electron chi connectivity index (χ4n) is 1.91. The summed E-state index contributed by atoms with van der Waals surface area (Å²) in [6.45, 7) is 13.4. The Kier molecular flexibility index (Phi) is 5.20. The predicted molar refractivity (Wildman–Crippen MR) is 90.6 cm³/mol. The van der Waals surface area contributed by atoms with Crippen molar-refractivity contribution in [3.63, 3.8) is 0 Å². The summed E-state index contributed by atoms with van der Waals surface area (Å²) in [6, 6.07) is 6.39. The molecule has 0 aliphatic rings. The van der Waals surface area contributed by atoms with E-state index in [2.05, 4.69) is 59.7 Å². The maximum absolute atomic E-state index is 6.02. The maximum atomic E-state index is 6.02. The molecule has 0 amide bonds. The Balaban J connectivity index is 2.83. The molecule has 2 N–H and O–H groups in total. The third-order valence-corrected chi connectivity index (χ3v) is 4.15. The van der Waals surface area contributed by atoms with Gasteiger partial charge in [0.05, 0.1) is 11.6 Å². The minimum atomic E-state index is -0.166. The Labute approximate surface area is 128 Å². The molecule has 1 rings (SSSR count). The molecule has 3 heteroatoms. The van der Waals surface area contributed by atoms with E-state index in [9.17, 15) is 0 Å². The van der Waals surface area contributed by atoms with Gasteiger partial charge >= 0.3 is 0 Å². The lowest BCUT2D eigenvalue weighted by Crippen LogP contribution is -2.31. The Morgan fingerprint density at radius 1 is 1.20 bits per heavy atom. The van der Waals surface area contributed by atoms with Crippen LogP contribution in [0, 0.1) is 12.3 Å². The van der Waals surface area contributed by atoms with Crippen molar-refractivity contribution >= 4 is 17.2 Å². The Morgan fingerprint density at radius 3 is 2.30 bits per heavy atom. The topological polar surface area (TPSA) is 35.2 Å². The fourth-order valence-corrected chi connectivity index (χ4v) is 2.01. The largest absolute Gasteiger partial charge is 0.493 e. The summed E-state index contributed by atoms with van der Waals surface area (Å²) >= 11 is 5.09. The van der Waals surface area contributed by atoms with Gasteiger partial charge in [0.1, 0.15) is 5.75 Å². The SMILES string of the molecule is Cc1ccc(C(C)(C)C)c(OCCC(C)(C)C(N)=S)c1. The standard InChI is InChI=1S/C17H27NOS/c1-12-7-8-13(16(2,3)4)14(11-12)19-10-9-17(5,6)15(18)20/h7-8,11H,9-10H2,1-6H3,(H2,18,20). The van der Waals surface area contributed by atoms with E-state index < -0.39 is 0 Å². The summed E-state index contributed by atoms with van der Waals surface area (Å²) in [5.74, 6) is 0.969. The Hall–Kier alpha value is -1.09. The lowest BCUT2D eigenvalue weighted by atomic mass is 9.86. The van der Waals surface area contributed by atoms with Gasteiger partial charge in [0, 0.05) is 5.41 Å². The van der Waals surface area contributed by atoms with Crippen LogP contribution in [0.4, 0.5) is 0 Å². The van der Waals surface area contributed by atoms with Crippen molar-refractivity contribution in [2.45, 2.75) is 53.4 Å². The van der Waals surface area contributed by atoms with Crippen LogP contribution in [0.2, 0.25) is 0 Å². The second-order valence-electron chi connectivity index (χ2n) is 7.10. The number of aryl methyl sites for hydroxylation is 1. The van der Waals surface area contributed by atoms with E-state index in [-0.39, 0.29) is 10.8 Å². The van der Waals surface area contributed by atoms with Crippen molar-refractivity contribution in [3.05, 3.63) is 29.3 Å². The highest BCUT2D eigenvalue weighted by Crippen LogP contribution is 2.32. The predicted octanol–water partition coefficient (Wildman–Crippen LogP) is 4.37. The highest BCUT2D eigenvalue weighted by Gasteiger charge is 2.23. The lowest BCUT2D eigenvalue weighted by molar-refractivity contribution is 0.265. The third kappa shape index (κ3) is 4.48. The van der Waals surface area contributed by atoms with Crippen molar-refractivity contribution in [1.29, 1.82) is 0 Å². The molecule has 1 aromatic rings. The zero-order valence-corrected chi connectivity index (χ0v) is 14.4. The lowest BCUT2D eigenvalue weighted by Gasteiger charge is -2.26. The monoisotopic (exact) mass is 293 g/mol.